The second-order valence-electron chi connectivity index (χ2n) is 7.84. The largest absolute Gasteiger partial charge is 0.444 e. The molecule has 0 spiro atoms. The van der Waals surface area contributed by atoms with Crippen molar-refractivity contribution in [1.29, 1.82) is 0 Å². The van der Waals surface area contributed by atoms with Crippen LogP contribution in [0.4, 0.5) is 0 Å². The van der Waals surface area contributed by atoms with E-state index >= 15 is 0 Å². The van der Waals surface area contributed by atoms with Gasteiger partial charge < -0.3 is 14.6 Å². The lowest BCUT2D eigenvalue weighted by atomic mass is 9.97. The Labute approximate surface area is 179 Å². The Morgan fingerprint density at radius 3 is 2.66 bits per heavy atom. The highest BCUT2D eigenvalue weighted by molar-refractivity contribution is 6.31. The molecule has 0 aliphatic carbocycles. The van der Waals surface area contributed by atoms with Gasteiger partial charge in [-0.3, -0.25) is 9.89 Å². The number of hydrogen-bond acceptors (Lipinski definition) is 4. The van der Waals surface area contributed by atoms with Crippen LogP contribution in [0.1, 0.15) is 35.7 Å². The number of aryl methyl sites for hydroxylation is 2. The van der Waals surface area contributed by atoms with Crippen molar-refractivity contribution in [1.82, 2.24) is 20.1 Å². The lowest BCUT2D eigenvalue weighted by Crippen LogP contribution is -2.43. The van der Waals surface area contributed by atoms with Gasteiger partial charge in [-0.1, -0.05) is 29.8 Å². The minimum atomic E-state index is 0.643. The van der Waals surface area contributed by atoms with Crippen LogP contribution in [0.15, 0.2) is 33.7 Å². The maximum Gasteiger partial charge on any atom is 0.208 e. The molecular weight excluding hydrogens is 386 g/mol. The summed E-state index contributed by atoms with van der Waals surface area (Å²) in [5.74, 6) is 3.30. The molecule has 6 nitrogen and oxygen atoms in total. The van der Waals surface area contributed by atoms with Gasteiger partial charge in [-0.25, -0.2) is 4.98 Å². The lowest BCUT2D eigenvalue weighted by molar-refractivity contribution is 0.163. The van der Waals surface area contributed by atoms with Crippen molar-refractivity contribution < 1.29 is 4.42 Å². The van der Waals surface area contributed by atoms with Crippen molar-refractivity contribution in [3.63, 3.8) is 0 Å². The molecule has 0 bridgehead atoms. The highest BCUT2D eigenvalue weighted by Crippen LogP contribution is 2.20. The summed E-state index contributed by atoms with van der Waals surface area (Å²) < 4.78 is 5.73. The number of benzene rings is 1. The topological polar surface area (TPSA) is 56.9 Å². The van der Waals surface area contributed by atoms with Gasteiger partial charge in [0.15, 0.2) is 5.96 Å². The molecule has 1 aromatic heterocycles. The van der Waals surface area contributed by atoms with Crippen molar-refractivity contribution in [2.45, 2.75) is 39.8 Å². The van der Waals surface area contributed by atoms with E-state index in [4.69, 9.17) is 16.0 Å². The molecule has 7 heteroatoms. The molecule has 1 N–H and O–H groups in total. The molecule has 0 unspecified atom stereocenters. The average molecular weight is 418 g/mol. The molecule has 0 radical (unpaired) electrons. The lowest BCUT2D eigenvalue weighted by Gasteiger charge is -2.32. The molecule has 0 amide bonds. The van der Waals surface area contributed by atoms with E-state index < -0.39 is 0 Å². The van der Waals surface area contributed by atoms with Crippen LogP contribution in [-0.4, -0.2) is 54.5 Å². The number of aliphatic imine (C=N–C) groups is 1. The molecule has 1 aliphatic heterocycles. The summed E-state index contributed by atoms with van der Waals surface area (Å²) in [6, 6.07) is 7.95. The predicted molar refractivity (Wildman–Crippen MR) is 118 cm³/mol. The van der Waals surface area contributed by atoms with Crippen LogP contribution in [0.25, 0.3) is 0 Å². The third-order valence-corrected chi connectivity index (χ3v) is 6.00. The number of piperidine rings is 1. The monoisotopic (exact) mass is 417 g/mol. The Kier molecular flexibility index (Phi) is 7.56. The fraction of sp³-hybridized carbons (Fsp3) is 0.545. The van der Waals surface area contributed by atoms with Crippen molar-refractivity contribution >= 4 is 17.6 Å². The molecule has 3 rings (SSSR count). The van der Waals surface area contributed by atoms with Crippen LogP contribution in [0, 0.1) is 19.8 Å². The van der Waals surface area contributed by atoms with Gasteiger partial charge in [0.05, 0.1) is 12.2 Å². The van der Waals surface area contributed by atoms with Gasteiger partial charge >= 0.3 is 0 Å². The zero-order valence-electron chi connectivity index (χ0n) is 17.9. The standard InChI is InChI=1S/C22H32ClN5O/c1-16-17(2)29-21(26-16)15-28-11-9-18(10-12-28)13-25-22(24-3)27(4)14-19-7-5-6-8-20(19)23/h5-8,18H,9-15H2,1-4H3,(H,24,25). The first-order valence-electron chi connectivity index (χ1n) is 10.3. The fourth-order valence-corrected chi connectivity index (χ4v) is 3.92. The summed E-state index contributed by atoms with van der Waals surface area (Å²) in [4.78, 5) is 13.5. The van der Waals surface area contributed by atoms with Crippen LogP contribution in [0.2, 0.25) is 5.02 Å². The smallest absolute Gasteiger partial charge is 0.208 e. The zero-order chi connectivity index (χ0) is 20.8. The van der Waals surface area contributed by atoms with Crippen LogP contribution in [-0.2, 0) is 13.1 Å². The van der Waals surface area contributed by atoms with Gasteiger partial charge in [0.2, 0.25) is 5.89 Å². The van der Waals surface area contributed by atoms with Gasteiger partial charge in [0, 0.05) is 32.2 Å². The molecule has 29 heavy (non-hydrogen) atoms. The number of oxazole rings is 1. The number of hydrogen-bond donors (Lipinski definition) is 1. The summed E-state index contributed by atoms with van der Waals surface area (Å²) in [6.45, 7) is 8.57. The summed E-state index contributed by atoms with van der Waals surface area (Å²) in [6.07, 6.45) is 2.33. The summed E-state index contributed by atoms with van der Waals surface area (Å²) in [5.41, 5.74) is 2.09. The number of halogens is 1. The van der Waals surface area contributed by atoms with Crippen molar-refractivity contribution in [3.05, 3.63) is 52.2 Å². The molecule has 1 fully saturated rings. The number of guanidine groups is 1. The van der Waals surface area contributed by atoms with Crippen LogP contribution < -0.4 is 5.32 Å². The minimum absolute atomic E-state index is 0.643. The first kappa shape index (κ1) is 21.7. The highest BCUT2D eigenvalue weighted by atomic mass is 35.5. The Bertz CT molecular complexity index is 807. The number of aromatic nitrogens is 1. The molecule has 2 aromatic rings. The number of nitrogens with one attached hydrogen (secondary N) is 1. The Balaban J connectivity index is 1.43. The molecule has 2 heterocycles. The quantitative estimate of drug-likeness (QED) is 0.571. The van der Waals surface area contributed by atoms with E-state index in [1.807, 2.05) is 46.1 Å². The molecule has 0 atom stereocenters. The van der Waals surface area contributed by atoms with E-state index in [9.17, 15) is 0 Å². The molecule has 1 aliphatic rings. The van der Waals surface area contributed by atoms with Crippen molar-refractivity contribution in [3.8, 4) is 0 Å². The van der Waals surface area contributed by atoms with E-state index in [-0.39, 0.29) is 0 Å². The van der Waals surface area contributed by atoms with Gasteiger partial charge in [0.1, 0.15) is 5.76 Å². The minimum Gasteiger partial charge on any atom is -0.444 e. The second kappa shape index (κ2) is 10.1. The maximum absolute atomic E-state index is 6.29. The number of likely N-dealkylation sites (tertiary alicyclic amines) is 1. The van der Waals surface area contributed by atoms with E-state index in [0.717, 1.165) is 79.5 Å². The van der Waals surface area contributed by atoms with E-state index in [1.165, 1.54) is 0 Å². The van der Waals surface area contributed by atoms with Gasteiger partial charge in [0.25, 0.3) is 0 Å². The predicted octanol–water partition coefficient (Wildman–Crippen LogP) is 3.86. The molecule has 0 saturated carbocycles. The summed E-state index contributed by atoms with van der Waals surface area (Å²) >= 11 is 6.29. The number of nitrogens with zero attached hydrogens (tertiary/aromatic N) is 4. The van der Waals surface area contributed by atoms with E-state index in [2.05, 4.69) is 31.2 Å². The molecule has 1 aromatic carbocycles. The molecule has 1 saturated heterocycles. The van der Waals surface area contributed by atoms with E-state index in [0.29, 0.717) is 5.92 Å². The Morgan fingerprint density at radius 1 is 1.31 bits per heavy atom. The maximum atomic E-state index is 6.29. The van der Waals surface area contributed by atoms with Gasteiger partial charge in [-0.2, -0.15) is 0 Å². The summed E-state index contributed by atoms with van der Waals surface area (Å²) in [7, 11) is 3.87. The fourth-order valence-electron chi connectivity index (χ4n) is 3.72. The SMILES string of the molecule is CN=C(NCC1CCN(Cc2nc(C)c(C)o2)CC1)N(C)Cc1ccccc1Cl. The van der Waals surface area contributed by atoms with Gasteiger partial charge in [-0.15, -0.1) is 0 Å². The Hall–Kier alpha value is -2.05. The van der Waals surface area contributed by atoms with Crippen molar-refractivity contribution in [2.75, 3.05) is 33.7 Å². The first-order chi connectivity index (χ1) is 14.0. The first-order valence-corrected chi connectivity index (χ1v) is 10.6. The molecular formula is C22H32ClN5O. The second-order valence-corrected chi connectivity index (χ2v) is 8.25. The van der Waals surface area contributed by atoms with Crippen LogP contribution in [0.5, 0.6) is 0 Å². The highest BCUT2D eigenvalue weighted by Gasteiger charge is 2.21. The normalized spacial score (nSPS) is 16.2. The van der Waals surface area contributed by atoms with Crippen molar-refractivity contribution in [2.24, 2.45) is 10.9 Å². The van der Waals surface area contributed by atoms with E-state index in [1.54, 1.807) is 0 Å². The summed E-state index contributed by atoms with van der Waals surface area (Å²) in [5, 5.41) is 4.33. The van der Waals surface area contributed by atoms with Gasteiger partial charge in [-0.05, 0) is 57.3 Å². The third-order valence-electron chi connectivity index (χ3n) is 5.63. The molecule has 158 valence electrons. The van der Waals surface area contributed by atoms with Crippen LogP contribution in [0.3, 0.4) is 0 Å². The third kappa shape index (κ3) is 5.97. The zero-order valence-corrected chi connectivity index (χ0v) is 18.7. The number of rotatable bonds is 6. The van der Waals surface area contributed by atoms with Crippen LogP contribution >= 0.6 is 11.6 Å². The average Bonchev–Trinajstić information content (AvgIpc) is 3.02. The Morgan fingerprint density at radius 2 is 2.03 bits per heavy atom.